The number of pyridine rings is 3. The highest BCUT2D eigenvalue weighted by Crippen LogP contribution is 2.35. The Morgan fingerprint density at radius 3 is 2.62 bits per heavy atom. The second-order valence-corrected chi connectivity index (χ2v) is 13.4. The predicted molar refractivity (Wildman–Crippen MR) is 184 cm³/mol. The summed E-state index contributed by atoms with van der Waals surface area (Å²) in [5.74, 6) is 0.930. The summed E-state index contributed by atoms with van der Waals surface area (Å²) < 4.78 is 9.23. The predicted octanol–water partition coefficient (Wildman–Crippen LogP) is 3.33. The number of amides is 1. The summed E-state index contributed by atoms with van der Waals surface area (Å²) in [5, 5.41) is 13.9. The van der Waals surface area contributed by atoms with Crippen molar-refractivity contribution in [1.82, 2.24) is 24.0 Å². The molecule has 0 aromatic carbocycles. The molecule has 250 valence electrons. The van der Waals surface area contributed by atoms with Gasteiger partial charge in [0.15, 0.2) is 0 Å². The van der Waals surface area contributed by atoms with Crippen LogP contribution in [0.1, 0.15) is 47.1 Å². The van der Waals surface area contributed by atoms with Crippen LogP contribution in [0.15, 0.2) is 53.7 Å². The molecule has 0 radical (unpaired) electrons. The molecule has 48 heavy (non-hydrogen) atoms. The van der Waals surface area contributed by atoms with Crippen molar-refractivity contribution in [1.29, 1.82) is 0 Å². The minimum absolute atomic E-state index is 0.0842. The van der Waals surface area contributed by atoms with Crippen LogP contribution in [-0.4, -0.2) is 86.5 Å². The number of nitrogens with one attached hydrogen (secondary N) is 1. The van der Waals surface area contributed by atoms with E-state index in [0.717, 1.165) is 87.6 Å². The van der Waals surface area contributed by atoms with Gasteiger partial charge in [-0.3, -0.25) is 19.4 Å². The Labute approximate surface area is 279 Å². The first kappa shape index (κ1) is 30.8. The first-order valence-electron chi connectivity index (χ1n) is 17.0. The second-order valence-electron chi connectivity index (χ2n) is 13.4. The van der Waals surface area contributed by atoms with Crippen LogP contribution in [0.4, 0.5) is 23.0 Å². The normalized spacial score (nSPS) is 20.0. The zero-order chi connectivity index (χ0) is 32.9. The fraction of sp³-hybridized carbons (Fsp3) is 0.444. The van der Waals surface area contributed by atoms with E-state index in [-0.39, 0.29) is 18.1 Å². The Hall–Kier alpha value is -4.52. The molecule has 4 aliphatic heterocycles. The van der Waals surface area contributed by atoms with Crippen molar-refractivity contribution in [3.8, 4) is 11.1 Å². The Kier molecular flexibility index (Phi) is 8.02. The highest BCUT2D eigenvalue weighted by atomic mass is 16.5. The summed E-state index contributed by atoms with van der Waals surface area (Å²) in [6, 6.07) is 10.5. The lowest BCUT2D eigenvalue weighted by molar-refractivity contribution is -0.0691. The average molecular weight is 651 g/mol. The fourth-order valence-electron chi connectivity index (χ4n) is 7.82. The van der Waals surface area contributed by atoms with Gasteiger partial charge in [-0.2, -0.15) is 0 Å². The van der Waals surface area contributed by atoms with Crippen LogP contribution in [0, 0.1) is 0 Å². The third-order valence-corrected chi connectivity index (χ3v) is 10.5. The number of aryl methyl sites for hydroxylation is 2. The summed E-state index contributed by atoms with van der Waals surface area (Å²) >= 11 is 0. The fourth-order valence-corrected chi connectivity index (χ4v) is 7.82. The number of aromatic nitrogens is 4. The topological polar surface area (TPSA) is 121 Å². The van der Waals surface area contributed by atoms with Crippen molar-refractivity contribution in [2.24, 2.45) is 7.05 Å². The molecule has 0 spiro atoms. The van der Waals surface area contributed by atoms with Gasteiger partial charge >= 0.3 is 0 Å². The first-order valence-corrected chi connectivity index (χ1v) is 17.0. The smallest absolute Gasteiger partial charge is 0.274 e. The molecule has 1 amide bonds. The minimum Gasteiger partial charge on any atom is -0.392 e. The maximum Gasteiger partial charge on any atom is 0.274 e. The van der Waals surface area contributed by atoms with E-state index >= 15 is 0 Å². The summed E-state index contributed by atoms with van der Waals surface area (Å²) in [6.45, 7) is 7.95. The number of carbonyl (C=O) groups excluding carboxylic acids is 1. The Morgan fingerprint density at radius 2 is 1.88 bits per heavy atom. The zero-order valence-corrected chi connectivity index (χ0v) is 27.6. The third-order valence-electron chi connectivity index (χ3n) is 10.5. The number of aliphatic hydroxyl groups is 1. The largest absolute Gasteiger partial charge is 0.392 e. The van der Waals surface area contributed by atoms with Gasteiger partial charge in [0.1, 0.15) is 17.3 Å². The number of hydrogen-bond donors (Lipinski definition) is 2. The van der Waals surface area contributed by atoms with E-state index in [1.54, 1.807) is 30.4 Å². The lowest BCUT2D eigenvalue weighted by atomic mass is 10.0. The van der Waals surface area contributed by atoms with Gasteiger partial charge in [-0.1, -0.05) is 0 Å². The Balaban J connectivity index is 1.04. The molecule has 12 nitrogen and oxygen atoms in total. The van der Waals surface area contributed by atoms with Gasteiger partial charge in [0, 0.05) is 87.1 Å². The first-order chi connectivity index (χ1) is 23.4. The molecule has 2 N–H and O–H groups in total. The van der Waals surface area contributed by atoms with Gasteiger partial charge in [-0.05, 0) is 62.1 Å². The number of fused-ring (bicyclic) bond motifs is 3. The van der Waals surface area contributed by atoms with Gasteiger partial charge in [0.05, 0.1) is 43.3 Å². The number of nitrogens with zero attached hydrogens (tertiary/aromatic N) is 7. The Bertz CT molecular complexity index is 1910. The van der Waals surface area contributed by atoms with E-state index in [1.807, 2.05) is 30.5 Å². The van der Waals surface area contributed by atoms with Crippen molar-refractivity contribution >= 4 is 28.9 Å². The maximum absolute atomic E-state index is 13.8. The third kappa shape index (κ3) is 5.37. The molecule has 1 atom stereocenters. The molecule has 2 saturated heterocycles. The van der Waals surface area contributed by atoms with E-state index in [1.165, 1.54) is 10.3 Å². The van der Waals surface area contributed by atoms with Gasteiger partial charge in [-0.15, -0.1) is 0 Å². The van der Waals surface area contributed by atoms with Crippen LogP contribution < -0.4 is 20.7 Å². The maximum atomic E-state index is 13.8. The molecule has 4 aromatic rings. The number of carbonyl (C=O) groups is 1. The van der Waals surface area contributed by atoms with E-state index < -0.39 is 0 Å². The molecule has 4 aliphatic rings. The summed E-state index contributed by atoms with van der Waals surface area (Å²) in [6.07, 6.45) is 9.28. The number of hydrogen-bond acceptors (Lipinski definition) is 9. The monoisotopic (exact) mass is 650 g/mol. The van der Waals surface area contributed by atoms with Gasteiger partial charge in [0.2, 0.25) is 0 Å². The molecule has 8 heterocycles. The van der Waals surface area contributed by atoms with E-state index in [0.29, 0.717) is 47.1 Å². The van der Waals surface area contributed by atoms with Crippen LogP contribution in [0.3, 0.4) is 0 Å². The van der Waals surface area contributed by atoms with E-state index in [4.69, 9.17) is 4.74 Å². The molecule has 2 fully saturated rings. The van der Waals surface area contributed by atoms with Crippen LogP contribution in [0.2, 0.25) is 0 Å². The summed E-state index contributed by atoms with van der Waals surface area (Å²) in [7, 11) is 1.70. The highest BCUT2D eigenvalue weighted by molar-refractivity contribution is 6.08. The lowest BCUT2D eigenvalue weighted by Gasteiger charge is -2.46. The van der Waals surface area contributed by atoms with E-state index in [2.05, 4.69) is 36.6 Å². The molecule has 0 saturated carbocycles. The zero-order valence-electron chi connectivity index (χ0n) is 27.6. The van der Waals surface area contributed by atoms with Crippen LogP contribution in [0.25, 0.3) is 11.1 Å². The molecule has 0 aliphatic carbocycles. The van der Waals surface area contributed by atoms with Crippen molar-refractivity contribution in [2.75, 3.05) is 54.5 Å². The summed E-state index contributed by atoms with van der Waals surface area (Å²) in [5.41, 5.74) is 6.26. The number of aliphatic hydroxyl groups excluding tert-OH is 1. The number of anilines is 4. The number of ether oxygens (including phenoxy) is 1. The molecular weight excluding hydrogens is 608 g/mol. The Morgan fingerprint density at radius 1 is 1.00 bits per heavy atom. The average Bonchev–Trinajstić information content (AvgIpc) is 3.46. The number of rotatable bonds is 7. The van der Waals surface area contributed by atoms with Gasteiger partial charge in [0.25, 0.3) is 11.5 Å². The standard InChI is InChI=1S/C36H42N8O4/c1-23-18-41(27-21-48-22-27)13-14-42(23)26-6-7-33(38-17-26)39-31-15-24(19-40(2)36(31)47)28-8-10-37-34(30(28)20-45)44-12-9-32-29(35(44)46)16-25-5-3-4-11-43(25)32/h6-8,10,15-17,19,23,27,45H,3-5,9,11-14,18,20-22H2,1-2H3,(H,38,39)/t23-/m0/s1. The van der Waals surface area contributed by atoms with Gasteiger partial charge in [-0.25, -0.2) is 9.97 Å². The summed E-state index contributed by atoms with van der Waals surface area (Å²) in [4.78, 5) is 43.0. The SMILES string of the molecule is C[C@H]1CN(C2COC2)CCN1c1ccc(Nc2cc(-c3ccnc(N4CCc5c(cc6n5CCCC6)C4=O)c3CO)cn(C)c2=O)nc1. The molecule has 8 rings (SSSR count). The molecule has 4 aromatic heterocycles. The molecular formula is C36H42N8O4. The van der Waals surface area contributed by atoms with Crippen LogP contribution >= 0.6 is 0 Å². The van der Waals surface area contributed by atoms with Crippen molar-refractivity contribution < 1.29 is 14.6 Å². The van der Waals surface area contributed by atoms with Crippen molar-refractivity contribution in [3.63, 3.8) is 0 Å². The van der Waals surface area contributed by atoms with Crippen LogP contribution in [-0.2, 0) is 37.8 Å². The lowest BCUT2D eigenvalue weighted by Crippen LogP contribution is -2.59. The minimum atomic E-state index is -0.308. The molecule has 0 bridgehead atoms. The van der Waals surface area contributed by atoms with Crippen molar-refractivity contribution in [3.05, 3.63) is 81.8 Å². The second kappa shape index (κ2) is 12.5. The molecule has 0 unspecified atom stereocenters. The highest BCUT2D eigenvalue weighted by Gasteiger charge is 2.34. The quantitative estimate of drug-likeness (QED) is 0.310. The van der Waals surface area contributed by atoms with Crippen molar-refractivity contribution in [2.45, 2.75) is 57.8 Å². The van der Waals surface area contributed by atoms with Crippen LogP contribution in [0.5, 0.6) is 0 Å². The number of piperazine rings is 1. The molecule has 12 heteroatoms. The van der Waals surface area contributed by atoms with E-state index in [9.17, 15) is 14.7 Å². The van der Waals surface area contributed by atoms with Gasteiger partial charge < -0.3 is 29.2 Å².